The van der Waals surface area contributed by atoms with E-state index in [0.717, 1.165) is 37.2 Å². The summed E-state index contributed by atoms with van der Waals surface area (Å²) in [6.07, 6.45) is 3.23. The minimum atomic E-state index is -3.59. The van der Waals surface area contributed by atoms with Gasteiger partial charge in [-0.25, -0.2) is 13.1 Å². The van der Waals surface area contributed by atoms with Crippen LogP contribution in [0, 0.1) is 0 Å². The first-order chi connectivity index (χ1) is 15.1. The zero-order valence-corrected chi connectivity index (χ0v) is 17.7. The molecule has 1 unspecified atom stereocenters. The van der Waals surface area contributed by atoms with Crippen LogP contribution >= 0.6 is 0 Å². The van der Waals surface area contributed by atoms with Crippen molar-refractivity contribution in [3.05, 3.63) is 59.5 Å². The number of rotatable bonds is 7. The first-order valence-corrected chi connectivity index (χ1v) is 11.8. The molecule has 8 nitrogen and oxygen atoms in total. The van der Waals surface area contributed by atoms with E-state index in [-0.39, 0.29) is 17.5 Å². The molecule has 0 aliphatic carbocycles. The molecular formula is C22H23N3O5S. The third-order valence-electron chi connectivity index (χ3n) is 5.53. The second-order valence-electron chi connectivity index (χ2n) is 7.74. The lowest BCUT2D eigenvalue weighted by molar-refractivity contribution is 0.114. The highest BCUT2D eigenvalue weighted by atomic mass is 32.2. The van der Waals surface area contributed by atoms with Gasteiger partial charge >= 0.3 is 0 Å². The van der Waals surface area contributed by atoms with Gasteiger partial charge in [-0.3, -0.25) is 0 Å². The van der Waals surface area contributed by atoms with Crippen LogP contribution in [0.25, 0.3) is 11.4 Å². The minimum absolute atomic E-state index is 0.0509. The highest BCUT2D eigenvalue weighted by Gasteiger charge is 2.21. The van der Waals surface area contributed by atoms with Gasteiger partial charge in [0.2, 0.25) is 21.7 Å². The summed E-state index contributed by atoms with van der Waals surface area (Å²) in [5.74, 6) is 1.87. The van der Waals surface area contributed by atoms with Crippen molar-refractivity contribution >= 4 is 10.0 Å². The molecule has 1 fully saturated rings. The summed E-state index contributed by atoms with van der Waals surface area (Å²) >= 11 is 0. The van der Waals surface area contributed by atoms with Crippen LogP contribution in [0.5, 0.6) is 5.75 Å². The van der Waals surface area contributed by atoms with Crippen molar-refractivity contribution in [3.63, 3.8) is 0 Å². The highest BCUT2D eigenvalue weighted by molar-refractivity contribution is 7.89. The van der Waals surface area contributed by atoms with Gasteiger partial charge in [0.25, 0.3) is 0 Å². The number of ether oxygens (including phenoxy) is 2. The Bertz CT molecular complexity index is 1170. The van der Waals surface area contributed by atoms with Crippen LogP contribution in [0.15, 0.2) is 51.9 Å². The van der Waals surface area contributed by atoms with Gasteiger partial charge in [0.15, 0.2) is 0 Å². The van der Waals surface area contributed by atoms with Gasteiger partial charge in [-0.1, -0.05) is 17.3 Å². The van der Waals surface area contributed by atoms with Gasteiger partial charge < -0.3 is 14.0 Å². The number of nitrogens with one attached hydrogen (secondary N) is 1. The molecule has 2 aromatic carbocycles. The number of benzene rings is 2. The SMILES string of the molecule is O=S(=O)(NCC1CCCO1)c1ccc(-c2noc(Cc3ccc4c(c3)CCO4)n2)cc1. The monoisotopic (exact) mass is 441 g/mol. The summed E-state index contributed by atoms with van der Waals surface area (Å²) in [6.45, 7) is 1.70. The van der Waals surface area contributed by atoms with Crippen molar-refractivity contribution in [3.8, 4) is 17.1 Å². The van der Waals surface area contributed by atoms with E-state index in [0.29, 0.717) is 30.3 Å². The average molecular weight is 442 g/mol. The van der Waals surface area contributed by atoms with Crippen molar-refractivity contribution < 1.29 is 22.4 Å². The Hall–Kier alpha value is -2.75. The Morgan fingerprint density at radius 2 is 1.97 bits per heavy atom. The number of aromatic nitrogens is 2. The van der Waals surface area contributed by atoms with E-state index in [9.17, 15) is 8.42 Å². The van der Waals surface area contributed by atoms with Gasteiger partial charge in [0, 0.05) is 25.1 Å². The summed E-state index contributed by atoms with van der Waals surface area (Å²) < 4.78 is 44.0. The zero-order valence-electron chi connectivity index (χ0n) is 16.9. The second kappa shape index (κ2) is 8.41. The molecule has 1 saturated heterocycles. The van der Waals surface area contributed by atoms with Crippen molar-refractivity contribution in [1.29, 1.82) is 0 Å². The number of sulfonamides is 1. The van der Waals surface area contributed by atoms with Crippen LogP contribution in [0.4, 0.5) is 0 Å². The molecule has 2 aliphatic heterocycles. The Morgan fingerprint density at radius 1 is 1.10 bits per heavy atom. The van der Waals surface area contributed by atoms with E-state index in [1.165, 1.54) is 5.56 Å². The molecule has 0 amide bonds. The lowest BCUT2D eigenvalue weighted by Gasteiger charge is -2.11. The van der Waals surface area contributed by atoms with Crippen LogP contribution < -0.4 is 9.46 Å². The fourth-order valence-electron chi connectivity index (χ4n) is 3.84. The lowest BCUT2D eigenvalue weighted by Crippen LogP contribution is -2.31. The molecule has 1 aromatic heterocycles. The smallest absolute Gasteiger partial charge is 0.240 e. The Morgan fingerprint density at radius 3 is 2.77 bits per heavy atom. The number of hydrogen-bond donors (Lipinski definition) is 1. The summed E-state index contributed by atoms with van der Waals surface area (Å²) in [4.78, 5) is 4.65. The maximum atomic E-state index is 12.5. The maximum absolute atomic E-state index is 12.5. The molecule has 3 aromatic rings. The topological polar surface area (TPSA) is 104 Å². The lowest BCUT2D eigenvalue weighted by atomic mass is 10.1. The fourth-order valence-corrected chi connectivity index (χ4v) is 4.91. The third kappa shape index (κ3) is 4.48. The average Bonchev–Trinajstić information content (AvgIpc) is 3.54. The van der Waals surface area contributed by atoms with Crippen LogP contribution in [-0.4, -0.2) is 44.4 Å². The molecule has 2 aliphatic rings. The largest absolute Gasteiger partial charge is 0.493 e. The van der Waals surface area contributed by atoms with E-state index in [1.54, 1.807) is 24.3 Å². The van der Waals surface area contributed by atoms with E-state index in [1.807, 2.05) is 12.1 Å². The Kier molecular flexibility index (Phi) is 5.47. The molecule has 3 heterocycles. The van der Waals surface area contributed by atoms with E-state index >= 15 is 0 Å². The molecule has 0 saturated carbocycles. The third-order valence-corrected chi connectivity index (χ3v) is 6.96. The predicted octanol–water partition coefficient (Wildman–Crippen LogP) is 2.72. The fraction of sp³-hybridized carbons (Fsp3) is 0.364. The molecular weight excluding hydrogens is 418 g/mol. The molecule has 162 valence electrons. The molecule has 0 spiro atoms. The summed E-state index contributed by atoms with van der Waals surface area (Å²) in [5, 5.41) is 4.04. The van der Waals surface area contributed by atoms with Crippen LogP contribution in [-0.2, 0) is 27.6 Å². The zero-order chi connectivity index (χ0) is 21.3. The summed E-state index contributed by atoms with van der Waals surface area (Å²) in [7, 11) is -3.59. The predicted molar refractivity (Wildman–Crippen MR) is 112 cm³/mol. The van der Waals surface area contributed by atoms with Crippen molar-refractivity contribution in [2.75, 3.05) is 19.8 Å². The first kappa shape index (κ1) is 20.2. The van der Waals surface area contributed by atoms with Crippen LogP contribution in [0.3, 0.4) is 0 Å². The second-order valence-corrected chi connectivity index (χ2v) is 9.51. The first-order valence-electron chi connectivity index (χ1n) is 10.4. The minimum Gasteiger partial charge on any atom is -0.493 e. The quantitative estimate of drug-likeness (QED) is 0.601. The summed E-state index contributed by atoms with van der Waals surface area (Å²) in [5.41, 5.74) is 2.97. The van der Waals surface area contributed by atoms with E-state index in [4.69, 9.17) is 14.0 Å². The highest BCUT2D eigenvalue weighted by Crippen LogP contribution is 2.27. The standard InChI is InChI=1S/C22H23N3O5S/c26-31(27,23-14-18-2-1-10-28-18)19-6-4-16(5-7-19)22-24-21(30-25-22)13-15-3-8-20-17(12-15)9-11-29-20/h3-8,12,18,23H,1-2,9-11,13-14H2. The Labute approximate surface area is 180 Å². The number of nitrogens with zero attached hydrogens (tertiary/aromatic N) is 2. The number of hydrogen-bond acceptors (Lipinski definition) is 7. The molecule has 1 N–H and O–H groups in total. The molecule has 0 bridgehead atoms. The molecule has 31 heavy (non-hydrogen) atoms. The van der Waals surface area contributed by atoms with Crippen LogP contribution in [0.2, 0.25) is 0 Å². The maximum Gasteiger partial charge on any atom is 0.240 e. The molecule has 9 heteroatoms. The molecule has 5 rings (SSSR count). The van der Waals surface area contributed by atoms with Crippen molar-refractivity contribution in [2.45, 2.75) is 36.7 Å². The van der Waals surface area contributed by atoms with E-state index in [2.05, 4.69) is 20.9 Å². The Balaban J connectivity index is 1.25. The van der Waals surface area contributed by atoms with Gasteiger partial charge in [-0.15, -0.1) is 0 Å². The van der Waals surface area contributed by atoms with E-state index < -0.39 is 10.0 Å². The van der Waals surface area contributed by atoms with Gasteiger partial charge in [-0.05, 0) is 54.3 Å². The van der Waals surface area contributed by atoms with Gasteiger partial charge in [-0.2, -0.15) is 4.98 Å². The molecule has 1 atom stereocenters. The van der Waals surface area contributed by atoms with Gasteiger partial charge in [0.1, 0.15) is 5.75 Å². The van der Waals surface area contributed by atoms with Gasteiger partial charge in [0.05, 0.1) is 24.0 Å². The number of fused-ring (bicyclic) bond motifs is 1. The summed E-state index contributed by atoms with van der Waals surface area (Å²) in [6, 6.07) is 12.5. The van der Waals surface area contributed by atoms with Crippen molar-refractivity contribution in [2.24, 2.45) is 0 Å². The normalized spacial score (nSPS) is 18.1. The van der Waals surface area contributed by atoms with Crippen molar-refractivity contribution in [1.82, 2.24) is 14.9 Å². The van der Waals surface area contributed by atoms with Crippen LogP contribution in [0.1, 0.15) is 29.9 Å². The molecule has 0 radical (unpaired) electrons.